The van der Waals surface area contributed by atoms with E-state index >= 15 is 0 Å². The van der Waals surface area contributed by atoms with Gasteiger partial charge >= 0.3 is 0 Å². The van der Waals surface area contributed by atoms with Crippen LogP contribution in [0, 0.1) is 12.7 Å². The normalized spacial score (nSPS) is 9.64. The van der Waals surface area contributed by atoms with Crippen molar-refractivity contribution in [2.45, 2.75) is 13.3 Å². The Hall–Kier alpha value is -1.11. The van der Waals surface area contributed by atoms with E-state index in [-0.39, 0.29) is 5.82 Å². The van der Waals surface area contributed by atoms with Crippen LogP contribution in [-0.2, 0) is 6.42 Å². The summed E-state index contributed by atoms with van der Waals surface area (Å²) in [6.45, 7) is 5.39. The highest BCUT2D eigenvalue weighted by Crippen LogP contribution is 2.12. The van der Waals surface area contributed by atoms with Crippen LogP contribution in [0.15, 0.2) is 30.9 Å². The van der Waals surface area contributed by atoms with Gasteiger partial charge in [0.25, 0.3) is 0 Å². The lowest BCUT2D eigenvalue weighted by Crippen LogP contribution is -1.89. The first-order chi connectivity index (χ1) is 5.25. The first-order valence-corrected chi connectivity index (χ1v) is 3.60. The van der Waals surface area contributed by atoms with E-state index in [9.17, 15) is 4.39 Å². The lowest BCUT2D eigenvalue weighted by Gasteiger charge is -2.02. The summed E-state index contributed by atoms with van der Waals surface area (Å²) in [4.78, 5) is 0. The van der Waals surface area contributed by atoms with Gasteiger partial charge in [0.2, 0.25) is 0 Å². The number of benzene rings is 1. The molecule has 0 aromatic heterocycles. The van der Waals surface area contributed by atoms with Crippen molar-refractivity contribution in [2.75, 3.05) is 0 Å². The molecule has 0 saturated heterocycles. The van der Waals surface area contributed by atoms with E-state index in [2.05, 4.69) is 6.58 Å². The van der Waals surface area contributed by atoms with Gasteiger partial charge in [0.05, 0.1) is 0 Å². The molecule has 0 atom stereocenters. The van der Waals surface area contributed by atoms with Gasteiger partial charge < -0.3 is 0 Å². The second kappa shape index (κ2) is 3.33. The summed E-state index contributed by atoms with van der Waals surface area (Å²) in [6, 6.07) is 5.11. The Balaban J connectivity index is 3.05. The van der Waals surface area contributed by atoms with E-state index in [1.807, 2.05) is 6.07 Å². The monoisotopic (exact) mass is 150 g/mol. The molecule has 0 amide bonds. The molecule has 0 unspecified atom stereocenters. The summed E-state index contributed by atoms with van der Waals surface area (Å²) < 4.78 is 12.9. The average Bonchev–Trinajstić information content (AvgIpc) is 1.99. The van der Waals surface area contributed by atoms with E-state index in [1.165, 1.54) is 6.07 Å². The van der Waals surface area contributed by atoms with E-state index in [4.69, 9.17) is 0 Å². The molecule has 0 aliphatic heterocycles. The van der Waals surface area contributed by atoms with E-state index in [0.29, 0.717) is 0 Å². The number of halogens is 1. The molecule has 1 aromatic carbocycles. The number of hydrogen-bond donors (Lipinski definition) is 0. The SMILES string of the molecule is C=CCc1cccc(F)c1C. The fraction of sp³-hybridized carbons (Fsp3) is 0.200. The molecule has 0 saturated carbocycles. The maximum atomic E-state index is 12.9. The largest absolute Gasteiger partial charge is 0.207 e. The Kier molecular flexibility index (Phi) is 2.42. The number of allylic oxidation sites excluding steroid dienone is 1. The van der Waals surface area contributed by atoms with Gasteiger partial charge in [-0.2, -0.15) is 0 Å². The smallest absolute Gasteiger partial charge is 0.126 e. The van der Waals surface area contributed by atoms with Crippen LogP contribution in [0.3, 0.4) is 0 Å². The van der Waals surface area contributed by atoms with Crippen molar-refractivity contribution in [1.29, 1.82) is 0 Å². The maximum Gasteiger partial charge on any atom is 0.126 e. The molecule has 0 heterocycles. The van der Waals surface area contributed by atoms with E-state index in [0.717, 1.165) is 17.5 Å². The van der Waals surface area contributed by atoms with Crippen molar-refractivity contribution in [2.24, 2.45) is 0 Å². The second-order valence-electron chi connectivity index (χ2n) is 2.52. The Morgan fingerprint density at radius 2 is 2.27 bits per heavy atom. The minimum absolute atomic E-state index is 0.135. The van der Waals surface area contributed by atoms with Gasteiger partial charge in [0.15, 0.2) is 0 Å². The average molecular weight is 150 g/mol. The minimum Gasteiger partial charge on any atom is -0.207 e. The molecule has 1 rings (SSSR count). The van der Waals surface area contributed by atoms with Crippen molar-refractivity contribution in [3.63, 3.8) is 0 Å². The molecule has 11 heavy (non-hydrogen) atoms. The third-order valence-electron chi connectivity index (χ3n) is 1.74. The first kappa shape index (κ1) is 7.99. The topological polar surface area (TPSA) is 0 Å². The van der Waals surface area contributed by atoms with Gasteiger partial charge in [-0.05, 0) is 30.5 Å². The summed E-state index contributed by atoms with van der Waals surface area (Å²) in [5, 5.41) is 0. The molecule has 0 spiro atoms. The Labute approximate surface area is 66.4 Å². The molecule has 0 bridgehead atoms. The number of rotatable bonds is 2. The molecular formula is C10H11F. The predicted octanol–water partition coefficient (Wildman–Crippen LogP) is 2.86. The maximum absolute atomic E-state index is 12.9. The summed E-state index contributed by atoms with van der Waals surface area (Å²) in [6.07, 6.45) is 2.52. The minimum atomic E-state index is -0.135. The van der Waals surface area contributed by atoms with Gasteiger partial charge in [-0.3, -0.25) is 0 Å². The van der Waals surface area contributed by atoms with E-state index < -0.39 is 0 Å². The summed E-state index contributed by atoms with van der Waals surface area (Å²) in [7, 11) is 0. The lowest BCUT2D eigenvalue weighted by molar-refractivity contribution is 0.616. The molecule has 1 aromatic rings. The third-order valence-corrected chi connectivity index (χ3v) is 1.74. The van der Waals surface area contributed by atoms with Gasteiger partial charge in [-0.25, -0.2) is 4.39 Å². The molecule has 0 radical (unpaired) electrons. The van der Waals surface area contributed by atoms with Crippen molar-refractivity contribution in [1.82, 2.24) is 0 Å². The standard InChI is InChI=1S/C10H11F/c1-3-5-9-6-4-7-10(11)8(9)2/h3-4,6-7H,1,5H2,2H3. The Morgan fingerprint density at radius 3 is 2.91 bits per heavy atom. The molecular weight excluding hydrogens is 139 g/mol. The quantitative estimate of drug-likeness (QED) is 0.569. The van der Waals surface area contributed by atoms with Crippen molar-refractivity contribution < 1.29 is 4.39 Å². The highest BCUT2D eigenvalue weighted by molar-refractivity contribution is 5.28. The van der Waals surface area contributed by atoms with Crippen LogP contribution in [0.25, 0.3) is 0 Å². The first-order valence-electron chi connectivity index (χ1n) is 3.60. The van der Waals surface area contributed by atoms with Crippen LogP contribution in [0.1, 0.15) is 11.1 Å². The fourth-order valence-corrected chi connectivity index (χ4v) is 1.03. The second-order valence-corrected chi connectivity index (χ2v) is 2.52. The van der Waals surface area contributed by atoms with Crippen molar-refractivity contribution >= 4 is 0 Å². The molecule has 0 fully saturated rings. The molecule has 58 valence electrons. The third kappa shape index (κ3) is 1.67. The van der Waals surface area contributed by atoms with Gasteiger partial charge in [0.1, 0.15) is 5.82 Å². The van der Waals surface area contributed by atoms with Gasteiger partial charge in [0, 0.05) is 0 Å². The summed E-state index contributed by atoms with van der Waals surface area (Å²) >= 11 is 0. The van der Waals surface area contributed by atoms with Crippen LogP contribution in [-0.4, -0.2) is 0 Å². The van der Waals surface area contributed by atoms with E-state index in [1.54, 1.807) is 19.1 Å². The zero-order chi connectivity index (χ0) is 8.27. The molecule has 0 nitrogen and oxygen atoms in total. The number of hydrogen-bond acceptors (Lipinski definition) is 0. The lowest BCUT2D eigenvalue weighted by atomic mass is 10.1. The highest BCUT2D eigenvalue weighted by Gasteiger charge is 1.99. The molecule has 0 aliphatic carbocycles. The molecule has 1 heteroatoms. The van der Waals surface area contributed by atoms with Gasteiger partial charge in [-0.1, -0.05) is 18.2 Å². The van der Waals surface area contributed by atoms with Crippen LogP contribution in [0.4, 0.5) is 4.39 Å². The Morgan fingerprint density at radius 1 is 1.55 bits per heavy atom. The predicted molar refractivity (Wildman–Crippen MR) is 45.0 cm³/mol. The highest BCUT2D eigenvalue weighted by atomic mass is 19.1. The zero-order valence-electron chi connectivity index (χ0n) is 6.60. The van der Waals surface area contributed by atoms with Crippen LogP contribution < -0.4 is 0 Å². The van der Waals surface area contributed by atoms with Gasteiger partial charge in [-0.15, -0.1) is 6.58 Å². The van der Waals surface area contributed by atoms with Crippen molar-refractivity contribution in [3.05, 3.63) is 47.8 Å². The van der Waals surface area contributed by atoms with Crippen LogP contribution in [0.5, 0.6) is 0 Å². The summed E-state index contributed by atoms with van der Waals surface area (Å²) in [5.41, 5.74) is 1.74. The van der Waals surface area contributed by atoms with Crippen LogP contribution in [0.2, 0.25) is 0 Å². The summed E-state index contributed by atoms with van der Waals surface area (Å²) in [5.74, 6) is -0.135. The van der Waals surface area contributed by atoms with Crippen molar-refractivity contribution in [3.8, 4) is 0 Å². The molecule has 0 N–H and O–H groups in total. The zero-order valence-corrected chi connectivity index (χ0v) is 6.60. The Bertz CT molecular complexity index is 264. The fourth-order valence-electron chi connectivity index (χ4n) is 1.03. The van der Waals surface area contributed by atoms with Crippen LogP contribution >= 0.6 is 0 Å². The molecule has 0 aliphatic rings.